The topological polar surface area (TPSA) is 63.8 Å². The summed E-state index contributed by atoms with van der Waals surface area (Å²) in [6.07, 6.45) is 6.54. The highest BCUT2D eigenvalue weighted by Gasteiger charge is 1.99. The van der Waals surface area contributed by atoms with Crippen molar-refractivity contribution >= 4 is 0 Å². The summed E-state index contributed by atoms with van der Waals surface area (Å²) in [4.78, 5) is 8.05. The van der Waals surface area contributed by atoms with Crippen molar-refractivity contribution in [1.82, 2.24) is 19.7 Å². The van der Waals surface area contributed by atoms with E-state index in [-0.39, 0.29) is 6.61 Å². The molecule has 5 heteroatoms. The first kappa shape index (κ1) is 7.88. The number of aliphatic hydroxyl groups excluding tert-OH is 1. The van der Waals surface area contributed by atoms with E-state index in [1.807, 2.05) is 0 Å². The van der Waals surface area contributed by atoms with Gasteiger partial charge in [0.25, 0.3) is 0 Å². The lowest BCUT2D eigenvalue weighted by atomic mass is 10.5. The van der Waals surface area contributed by atoms with Crippen LogP contribution in [0.4, 0.5) is 0 Å². The first-order valence-corrected chi connectivity index (χ1v) is 3.82. The van der Waals surface area contributed by atoms with Crippen LogP contribution in [0.3, 0.4) is 0 Å². The molecule has 66 valence electrons. The second-order valence-corrected chi connectivity index (χ2v) is 2.48. The Morgan fingerprint density at radius 3 is 3.00 bits per heavy atom. The van der Waals surface area contributed by atoms with Crippen LogP contribution in [0, 0.1) is 0 Å². The molecule has 0 spiro atoms. The van der Waals surface area contributed by atoms with Crippen LogP contribution in [-0.4, -0.2) is 24.9 Å². The highest BCUT2D eigenvalue weighted by molar-refractivity contribution is 5.17. The minimum Gasteiger partial charge on any atom is -0.390 e. The van der Waals surface area contributed by atoms with Crippen LogP contribution in [0.2, 0.25) is 0 Å². The number of aromatic nitrogens is 4. The maximum absolute atomic E-state index is 8.83. The second-order valence-electron chi connectivity index (χ2n) is 2.48. The van der Waals surface area contributed by atoms with Crippen molar-refractivity contribution in [2.75, 3.05) is 0 Å². The molecule has 0 unspecified atom stereocenters. The highest BCUT2D eigenvalue weighted by atomic mass is 16.3. The summed E-state index contributed by atoms with van der Waals surface area (Å²) in [7, 11) is 0. The van der Waals surface area contributed by atoms with E-state index in [9.17, 15) is 0 Å². The van der Waals surface area contributed by atoms with E-state index in [0.717, 1.165) is 0 Å². The lowest BCUT2D eigenvalue weighted by Crippen LogP contribution is -2.01. The summed E-state index contributed by atoms with van der Waals surface area (Å²) in [5, 5.41) is 12.8. The maximum atomic E-state index is 8.83. The van der Waals surface area contributed by atoms with Crippen molar-refractivity contribution in [2.24, 2.45) is 0 Å². The number of hydrogen-bond donors (Lipinski definition) is 1. The molecule has 2 aromatic rings. The summed E-state index contributed by atoms with van der Waals surface area (Å²) in [5.41, 5.74) is 0.535. The molecule has 2 aromatic heterocycles. The first-order valence-electron chi connectivity index (χ1n) is 3.82. The largest absolute Gasteiger partial charge is 0.390 e. The van der Waals surface area contributed by atoms with Crippen molar-refractivity contribution in [2.45, 2.75) is 6.61 Å². The lowest BCUT2D eigenvalue weighted by molar-refractivity contribution is 0.276. The first-order chi connectivity index (χ1) is 6.40. The van der Waals surface area contributed by atoms with E-state index in [2.05, 4.69) is 15.1 Å². The molecule has 5 nitrogen and oxygen atoms in total. The molecule has 0 atom stereocenters. The molecule has 0 fully saturated rings. The van der Waals surface area contributed by atoms with Crippen molar-refractivity contribution in [3.63, 3.8) is 0 Å². The van der Waals surface area contributed by atoms with E-state index in [4.69, 9.17) is 5.11 Å². The van der Waals surface area contributed by atoms with Crippen LogP contribution in [0.15, 0.2) is 30.9 Å². The third-order valence-electron chi connectivity index (χ3n) is 1.57. The molecular formula is C8H8N4O. The summed E-state index contributed by atoms with van der Waals surface area (Å²) in [5.74, 6) is 0.608. The number of rotatable bonds is 2. The molecule has 2 heterocycles. The van der Waals surface area contributed by atoms with Gasteiger partial charge in [-0.15, -0.1) is 0 Å². The Hall–Kier alpha value is -1.75. The molecule has 0 saturated carbocycles. The Kier molecular flexibility index (Phi) is 2.01. The molecule has 0 amide bonds. The molecule has 13 heavy (non-hydrogen) atoms. The second kappa shape index (κ2) is 3.32. The van der Waals surface area contributed by atoms with Gasteiger partial charge in [0.1, 0.15) is 0 Å². The molecule has 0 aliphatic carbocycles. The van der Waals surface area contributed by atoms with Crippen molar-refractivity contribution in [1.29, 1.82) is 0 Å². The zero-order valence-electron chi connectivity index (χ0n) is 6.83. The van der Waals surface area contributed by atoms with E-state index in [1.165, 1.54) is 6.20 Å². The van der Waals surface area contributed by atoms with Gasteiger partial charge in [0.2, 0.25) is 0 Å². The number of nitrogens with zero attached hydrogens (tertiary/aromatic N) is 4. The monoisotopic (exact) mass is 176 g/mol. The van der Waals surface area contributed by atoms with Crippen molar-refractivity contribution < 1.29 is 5.11 Å². The molecule has 0 radical (unpaired) electrons. The zero-order chi connectivity index (χ0) is 9.10. The Bertz CT molecular complexity index is 385. The summed E-state index contributed by atoms with van der Waals surface area (Å²) in [6, 6.07) is 1.80. The van der Waals surface area contributed by atoms with Crippen LogP contribution in [0.1, 0.15) is 5.69 Å². The summed E-state index contributed by atoms with van der Waals surface area (Å²) in [6.45, 7) is -0.109. The van der Waals surface area contributed by atoms with Gasteiger partial charge in [-0.2, -0.15) is 5.10 Å². The SMILES string of the molecule is OCc1cncc(-n2cccn2)n1. The predicted octanol–water partition coefficient (Wildman–Crippen LogP) is 0.155. The highest BCUT2D eigenvalue weighted by Crippen LogP contribution is 2.01. The molecule has 0 bridgehead atoms. The van der Waals surface area contributed by atoms with Crippen LogP contribution >= 0.6 is 0 Å². The molecule has 2 rings (SSSR count). The molecule has 0 aromatic carbocycles. The van der Waals surface area contributed by atoms with Gasteiger partial charge < -0.3 is 5.11 Å². The third-order valence-corrected chi connectivity index (χ3v) is 1.57. The van der Waals surface area contributed by atoms with Crippen LogP contribution in [0.25, 0.3) is 5.82 Å². The number of hydrogen-bond acceptors (Lipinski definition) is 4. The average molecular weight is 176 g/mol. The van der Waals surface area contributed by atoms with Gasteiger partial charge >= 0.3 is 0 Å². The molecule has 0 aliphatic heterocycles. The number of aliphatic hydroxyl groups is 1. The van der Waals surface area contributed by atoms with Gasteiger partial charge in [-0.1, -0.05) is 0 Å². The lowest BCUT2D eigenvalue weighted by Gasteiger charge is -2.00. The van der Waals surface area contributed by atoms with Crippen LogP contribution < -0.4 is 0 Å². The van der Waals surface area contributed by atoms with Crippen LogP contribution in [0.5, 0.6) is 0 Å². The van der Waals surface area contributed by atoms with E-state index in [1.54, 1.807) is 29.3 Å². The van der Waals surface area contributed by atoms with E-state index in [0.29, 0.717) is 11.5 Å². The Labute approximate surface area is 74.7 Å². The normalized spacial score (nSPS) is 10.2. The molecule has 1 N–H and O–H groups in total. The van der Waals surface area contributed by atoms with E-state index < -0.39 is 0 Å². The van der Waals surface area contributed by atoms with Gasteiger partial charge in [0.15, 0.2) is 5.82 Å². The quantitative estimate of drug-likeness (QED) is 0.707. The smallest absolute Gasteiger partial charge is 0.172 e. The maximum Gasteiger partial charge on any atom is 0.172 e. The van der Waals surface area contributed by atoms with Crippen molar-refractivity contribution in [3.8, 4) is 5.82 Å². The fraction of sp³-hybridized carbons (Fsp3) is 0.125. The zero-order valence-corrected chi connectivity index (χ0v) is 6.83. The Morgan fingerprint density at radius 2 is 2.31 bits per heavy atom. The van der Waals surface area contributed by atoms with Crippen LogP contribution in [-0.2, 0) is 6.61 Å². The average Bonchev–Trinajstić information content (AvgIpc) is 2.71. The predicted molar refractivity (Wildman–Crippen MR) is 45.1 cm³/mol. The Balaban J connectivity index is 2.41. The van der Waals surface area contributed by atoms with Gasteiger partial charge in [0.05, 0.1) is 24.7 Å². The van der Waals surface area contributed by atoms with Crippen molar-refractivity contribution in [3.05, 3.63) is 36.5 Å². The van der Waals surface area contributed by atoms with Gasteiger partial charge in [-0.05, 0) is 6.07 Å². The standard InChI is InChI=1S/C8H8N4O/c13-6-7-4-9-5-8(11-7)12-3-1-2-10-12/h1-5,13H,6H2. The fourth-order valence-electron chi connectivity index (χ4n) is 0.986. The molecule has 0 saturated heterocycles. The summed E-state index contributed by atoms with van der Waals surface area (Å²) >= 11 is 0. The molecule has 0 aliphatic rings. The Morgan fingerprint density at radius 1 is 1.38 bits per heavy atom. The van der Waals surface area contributed by atoms with Gasteiger partial charge in [0, 0.05) is 12.4 Å². The van der Waals surface area contributed by atoms with E-state index >= 15 is 0 Å². The van der Waals surface area contributed by atoms with Gasteiger partial charge in [-0.3, -0.25) is 4.98 Å². The van der Waals surface area contributed by atoms with Gasteiger partial charge in [-0.25, -0.2) is 9.67 Å². The summed E-state index contributed by atoms with van der Waals surface area (Å²) < 4.78 is 1.59. The molecular weight excluding hydrogens is 168 g/mol. The fourth-order valence-corrected chi connectivity index (χ4v) is 0.986. The third kappa shape index (κ3) is 1.54. The minimum atomic E-state index is -0.109. The minimum absolute atomic E-state index is 0.109.